The number of nitrogens with zero attached hydrogens (tertiary/aromatic N) is 1. The number of hydrogen-bond acceptors (Lipinski definition) is 2. The first-order valence-corrected chi connectivity index (χ1v) is 6.10. The molecule has 0 unspecified atom stereocenters. The van der Waals surface area contributed by atoms with Crippen LogP contribution in [0.1, 0.15) is 24.0 Å². The summed E-state index contributed by atoms with van der Waals surface area (Å²) in [6, 6.07) is 6.29. The third kappa shape index (κ3) is 2.53. The zero-order valence-corrected chi connectivity index (χ0v) is 10.7. The monoisotopic (exact) mass is 234 g/mol. The van der Waals surface area contributed by atoms with Crippen molar-refractivity contribution in [2.45, 2.75) is 19.8 Å². The summed E-state index contributed by atoms with van der Waals surface area (Å²) in [5.74, 6) is 0.903. The summed E-state index contributed by atoms with van der Waals surface area (Å²) in [6.45, 7) is 3.22. The van der Waals surface area contributed by atoms with Gasteiger partial charge in [0.2, 0.25) is 0 Å². The van der Waals surface area contributed by atoms with Crippen molar-refractivity contribution in [3.8, 4) is 0 Å². The topological polar surface area (TPSA) is 29.3 Å². The Kier molecular flexibility index (Phi) is 3.15. The predicted molar refractivity (Wildman–Crippen MR) is 73.1 cm³/mol. The molecule has 1 aliphatic rings. The summed E-state index contributed by atoms with van der Waals surface area (Å²) in [5.41, 5.74) is 9.05. The molecule has 0 aromatic heterocycles. The van der Waals surface area contributed by atoms with E-state index in [4.69, 9.17) is 18.0 Å². The van der Waals surface area contributed by atoms with E-state index in [1.165, 1.54) is 18.5 Å². The first kappa shape index (κ1) is 11.4. The van der Waals surface area contributed by atoms with E-state index >= 15 is 0 Å². The molecule has 1 aromatic rings. The normalized spacial score (nSPS) is 14.9. The van der Waals surface area contributed by atoms with E-state index in [1.807, 2.05) is 6.07 Å². The fraction of sp³-hybridized carbons (Fsp3) is 0.462. The molecule has 0 aliphatic heterocycles. The molecule has 0 atom stereocenters. The molecule has 0 spiro atoms. The van der Waals surface area contributed by atoms with Gasteiger partial charge in [0.15, 0.2) is 0 Å². The van der Waals surface area contributed by atoms with Gasteiger partial charge in [0, 0.05) is 24.8 Å². The van der Waals surface area contributed by atoms with Gasteiger partial charge in [0.05, 0.1) is 0 Å². The van der Waals surface area contributed by atoms with E-state index in [-0.39, 0.29) is 0 Å². The number of aryl methyl sites for hydroxylation is 1. The maximum absolute atomic E-state index is 5.65. The lowest BCUT2D eigenvalue weighted by Crippen LogP contribution is -2.20. The molecule has 0 saturated heterocycles. The molecule has 1 aromatic carbocycles. The molecule has 16 heavy (non-hydrogen) atoms. The molecule has 1 fully saturated rings. The van der Waals surface area contributed by atoms with Crippen molar-refractivity contribution < 1.29 is 0 Å². The highest BCUT2D eigenvalue weighted by Crippen LogP contribution is 2.31. The Labute approximate surface area is 102 Å². The summed E-state index contributed by atoms with van der Waals surface area (Å²) >= 11 is 5.00. The Bertz CT molecular complexity index is 410. The van der Waals surface area contributed by atoms with Gasteiger partial charge in [-0.25, -0.2) is 0 Å². The maximum Gasteiger partial charge on any atom is 0.104 e. The predicted octanol–water partition coefficient (Wildman–Crippen LogP) is 2.48. The Morgan fingerprint density at radius 2 is 2.19 bits per heavy atom. The van der Waals surface area contributed by atoms with Gasteiger partial charge in [-0.05, 0) is 49.4 Å². The molecule has 1 aliphatic carbocycles. The number of thiocarbonyl (C=S) groups is 1. The quantitative estimate of drug-likeness (QED) is 0.812. The van der Waals surface area contributed by atoms with E-state index < -0.39 is 0 Å². The van der Waals surface area contributed by atoms with Crippen LogP contribution in [0.15, 0.2) is 18.2 Å². The lowest BCUT2D eigenvalue weighted by molar-refractivity contribution is 0.787. The van der Waals surface area contributed by atoms with Gasteiger partial charge in [-0.3, -0.25) is 0 Å². The molecule has 2 nitrogen and oxygen atoms in total. The van der Waals surface area contributed by atoms with Crippen molar-refractivity contribution in [1.82, 2.24) is 0 Å². The Balaban J connectivity index is 2.15. The second-order valence-corrected chi connectivity index (χ2v) is 5.13. The van der Waals surface area contributed by atoms with Crippen LogP contribution in [0.2, 0.25) is 0 Å². The second kappa shape index (κ2) is 4.42. The van der Waals surface area contributed by atoms with E-state index in [2.05, 4.69) is 31.0 Å². The molecule has 0 heterocycles. The zero-order valence-electron chi connectivity index (χ0n) is 9.86. The summed E-state index contributed by atoms with van der Waals surface area (Å²) in [6.07, 6.45) is 2.77. The highest BCUT2D eigenvalue weighted by molar-refractivity contribution is 7.80. The molecule has 0 amide bonds. The van der Waals surface area contributed by atoms with Crippen molar-refractivity contribution in [3.63, 3.8) is 0 Å². The smallest absolute Gasteiger partial charge is 0.104 e. The number of benzene rings is 1. The SMILES string of the molecule is Cc1cc(N(C)CC2CC2)ccc1C(N)=S. The van der Waals surface area contributed by atoms with E-state index in [0.717, 1.165) is 23.6 Å². The summed E-state index contributed by atoms with van der Waals surface area (Å²) in [7, 11) is 2.15. The molecule has 0 bridgehead atoms. The third-order valence-corrected chi connectivity index (χ3v) is 3.37. The maximum atomic E-state index is 5.65. The minimum absolute atomic E-state index is 0.480. The number of nitrogens with two attached hydrogens (primary N) is 1. The van der Waals surface area contributed by atoms with Gasteiger partial charge < -0.3 is 10.6 Å². The van der Waals surface area contributed by atoms with Crippen LogP contribution < -0.4 is 10.6 Å². The van der Waals surface area contributed by atoms with Crippen molar-refractivity contribution in [1.29, 1.82) is 0 Å². The van der Waals surface area contributed by atoms with Crippen molar-refractivity contribution in [2.24, 2.45) is 11.7 Å². The van der Waals surface area contributed by atoms with Gasteiger partial charge in [0.25, 0.3) is 0 Å². The van der Waals surface area contributed by atoms with Crippen molar-refractivity contribution in [2.75, 3.05) is 18.5 Å². The summed E-state index contributed by atoms with van der Waals surface area (Å²) in [4.78, 5) is 2.79. The van der Waals surface area contributed by atoms with E-state index in [0.29, 0.717) is 4.99 Å². The van der Waals surface area contributed by atoms with Crippen LogP contribution in [-0.4, -0.2) is 18.6 Å². The van der Waals surface area contributed by atoms with Crippen LogP contribution in [0, 0.1) is 12.8 Å². The van der Waals surface area contributed by atoms with E-state index in [1.54, 1.807) is 0 Å². The first-order chi connectivity index (χ1) is 7.58. The van der Waals surface area contributed by atoms with Crippen LogP contribution in [0.25, 0.3) is 0 Å². The second-order valence-electron chi connectivity index (χ2n) is 4.69. The third-order valence-electron chi connectivity index (χ3n) is 3.15. The molecule has 86 valence electrons. The van der Waals surface area contributed by atoms with Crippen molar-refractivity contribution >= 4 is 22.9 Å². The summed E-state index contributed by atoms with van der Waals surface area (Å²) in [5, 5.41) is 0. The van der Waals surface area contributed by atoms with Crippen LogP contribution in [0.5, 0.6) is 0 Å². The van der Waals surface area contributed by atoms with Gasteiger partial charge in [-0.1, -0.05) is 12.2 Å². The van der Waals surface area contributed by atoms with Crippen LogP contribution >= 0.6 is 12.2 Å². The van der Waals surface area contributed by atoms with Crippen molar-refractivity contribution in [3.05, 3.63) is 29.3 Å². The minimum Gasteiger partial charge on any atom is -0.389 e. The van der Waals surface area contributed by atoms with Gasteiger partial charge in [-0.15, -0.1) is 0 Å². The minimum atomic E-state index is 0.480. The van der Waals surface area contributed by atoms with Gasteiger partial charge >= 0.3 is 0 Å². The average molecular weight is 234 g/mol. The number of anilines is 1. The van der Waals surface area contributed by atoms with Crippen LogP contribution in [0.4, 0.5) is 5.69 Å². The molecule has 2 N–H and O–H groups in total. The van der Waals surface area contributed by atoms with Crippen LogP contribution in [-0.2, 0) is 0 Å². The number of hydrogen-bond donors (Lipinski definition) is 1. The van der Waals surface area contributed by atoms with E-state index in [9.17, 15) is 0 Å². The first-order valence-electron chi connectivity index (χ1n) is 5.69. The molecular formula is C13H18N2S. The zero-order chi connectivity index (χ0) is 11.7. The van der Waals surface area contributed by atoms with Gasteiger partial charge in [-0.2, -0.15) is 0 Å². The summed E-state index contributed by atoms with van der Waals surface area (Å²) < 4.78 is 0. The highest BCUT2D eigenvalue weighted by Gasteiger charge is 2.23. The fourth-order valence-electron chi connectivity index (χ4n) is 1.95. The Morgan fingerprint density at radius 1 is 1.50 bits per heavy atom. The number of rotatable bonds is 4. The van der Waals surface area contributed by atoms with Gasteiger partial charge in [0.1, 0.15) is 4.99 Å². The Hall–Kier alpha value is -1.09. The fourth-order valence-corrected chi connectivity index (χ4v) is 2.18. The highest BCUT2D eigenvalue weighted by atomic mass is 32.1. The standard InChI is InChI=1S/C13H18N2S/c1-9-7-11(5-6-12(9)13(14)16)15(2)8-10-3-4-10/h5-7,10H,3-4,8H2,1-2H3,(H2,14,16). The molecule has 2 rings (SSSR count). The molecule has 0 radical (unpaired) electrons. The lowest BCUT2D eigenvalue weighted by Gasteiger charge is -2.20. The molecular weight excluding hydrogens is 216 g/mol. The lowest BCUT2D eigenvalue weighted by atomic mass is 10.1. The molecule has 3 heteroatoms. The molecule has 1 saturated carbocycles. The average Bonchev–Trinajstić information content (AvgIpc) is 3.00. The largest absolute Gasteiger partial charge is 0.389 e. The van der Waals surface area contributed by atoms with Crippen LogP contribution in [0.3, 0.4) is 0 Å². The Morgan fingerprint density at radius 3 is 2.69 bits per heavy atom.